The summed E-state index contributed by atoms with van der Waals surface area (Å²) in [5.41, 5.74) is 0. The number of carboxylic acid groups (broad SMARTS) is 1. The van der Waals surface area contributed by atoms with E-state index < -0.39 is 24.1 Å². The molecule has 8 heteroatoms. The molecule has 0 radical (unpaired) electrons. The van der Waals surface area contributed by atoms with E-state index in [-0.39, 0.29) is 43.3 Å². The fraction of sp³-hybridized carbons (Fsp3) is 0.812. The van der Waals surface area contributed by atoms with Crippen LogP contribution in [0.2, 0.25) is 0 Å². The molecule has 1 rings (SSSR count). The summed E-state index contributed by atoms with van der Waals surface area (Å²) in [7, 11) is 0. The van der Waals surface area contributed by atoms with Gasteiger partial charge in [0.15, 0.2) is 0 Å². The molecule has 0 bridgehead atoms. The lowest BCUT2D eigenvalue weighted by Gasteiger charge is -2.22. The second kappa shape index (κ2) is 10.4. The first-order valence-electron chi connectivity index (χ1n) is 8.34. The first kappa shape index (κ1) is 20.5. The van der Waals surface area contributed by atoms with Gasteiger partial charge in [-0.05, 0) is 43.9 Å². The van der Waals surface area contributed by atoms with E-state index in [1.165, 1.54) is 0 Å². The summed E-state index contributed by atoms with van der Waals surface area (Å²) >= 11 is 0. The highest BCUT2D eigenvalue weighted by Crippen LogP contribution is 2.38. The number of rotatable bonds is 11. The lowest BCUT2D eigenvalue weighted by atomic mass is 9.85. The molecule has 0 saturated heterocycles. The maximum atomic E-state index is 11.9. The van der Waals surface area contributed by atoms with Crippen LogP contribution >= 0.6 is 0 Å². The Kier molecular flexibility index (Phi) is 8.88. The normalized spacial score (nSPS) is 26.3. The predicted molar refractivity (Wildman–Crippen MR) is 83.5 cm³/mol. The number of carbonyl (C=O) groups is 3. The predicted octanol–water partition coefficient (Wildman–Crippen LogP) is 0.536. The number of aliphatic carboxylic acids is 1. The molecule has 0 aromatic rings. The Morgan fingerprint density at radius 3 is 2.00 bits per heavy atom. The minimum Gasteiger partial charge on any atom is -0.481 e. The fourth-order valence-electron chi connectivity index (χ4n) is 3.37. The number of carbonyl (C=O) groups excluding carboxylic acids is 2. The summed E-state index contributed by atoms with van der Waals surface area (Å²) in [5, 5.41) is 28.8. The minimum atomic E-state index is -0.936. The van der Waals surface area contributed by atoms with Gasteiger partial charge in [0.2, 0.25) is 0 Å². The number of aliphatic hydroxyl groups excluding tert-OH is 2. The molecule has 0 amide bonds. The molecule has 1 saturated carbocycles. The smallest absolute Gasteiger partial charge is 0.324 e. The second-order valence-electron chi connectivity index (χ2n) is 6.40. The van der Waals surface area contributed by atoms with Gasteiger partial charge in [0, 0.05) is 25.7 Å². The topological polar surface area (TPSA) is 147 Å². The summed E-state index contributed by atoms with van der Waals surface area (Å²) in [6.45, 7) is 0. The molecule has 4 atom stereocenters. The summed E-state index contributed by atoms with van der Waals surface area (Å²) in [5.74, 6) is 2.76. The highest BCUT2D eigenvalue weighted by molar-refractivity contribution is 5.78. The van der Waals surface area contributed by atoms with Crippen LogP contribution < -0.4 is 5.90 Å². The highest BCUT2D eigenvalue weighted by atomic mass is 16.7. The molecule has 0 heterocycles. The number of unbranched alkanes of at least 4 members (excludes halogenated alkanes) is 1. The molecule has 0 aliphatic heterocycles. The number of hydrogen-bond acceptors (Lipinski definition) is 7. The Bertz CT molecular complexity index is 440. The standard InChI is InChI=1S/C16H27NO7/c17-24-16(23)4-2-1-3-10(18)5-6-11-12(7-8-15(21)22)14(20)9-13(11)19/h11-14,19-20H,1-9,17H2,(H,21,22). The molecule has 1 aliphatic rings. The zero-order chi connectivity index (χ0) is 18.1. The Hall–Kier alpha value is -1.51. The third-order valence-electron chi connectivity index (χ3n) is 4.69. The molecule has 138 valence electrons. The van der Waals surface area contributed by atoms with Crippen molar-refractivity contribution in [2.45, 2.75) is 70.0 Å². The molecule has 8 nitrogen and oxygen atoms in total. The number of ketones is 1. The van der Waals surface area contributed by atoms with E-state index in [2.05, 4.69) is 4.84 Å². The van der Waals surface area contributed by atoms with Crippen molar-refractivity contribution < 1.29 is 34.5 Å². The molecule has 0 spiro atoms. The van der Waals surface area contributed by atoms with Gasteiger partial charge >= 0.3 is 11.9 Å². The Balaban J connectivity index is 2.33. The van der Waals surface area contributed by atoms with Gasteiger partial charge in [-0.1, -0.05) is 0 Å². The van der Waals surface area contributed by atoms with Crippen molar-refractivity contribution in [1.82, 2.24) is 0 Å². The highest BCUT2D eigenvalue weighted by Gasteiger charge is 2.41. The summed E-state index contributed by atoms with van der Waals surface area (Å²) in [6, 6.07) is 0. The molecule has 4 unspecified atom stereocenters. The molecule has 0 aromatic carbocycles. The molecule has 1 aliphatic carbocycles. The van der Waals surface area contributed by atoms with Gasteiger partial charge in [0.25, 0.3) is 0 Å². The third-order valence-corrected chi connectivity index (χ3v) is 4.69. The van der Waals surface area contributed by atoms with Gasteiger partial charge in [0.1, 0.15) is 5.78 Å². The van der Waals surface area contributed by atoms with E-state index in [0.29, 0.717) is 32.1 Å². The number of hydrogen-bond donors (Lipinski definition) is 4. The van der Waals surface area contributed by atoms with Crippen molar-refractivity contribution >= 4 is 17.7 Å². The van der Waals surface area contributed by atoms with Crippen LogP contribution in [0.4, 0.5) is 0 Å². The first-order valence-corrected chi connectivity index (χ1v) is 8.34. The van der Waals surface area contributed by atoms with E-state index in [1.807, 2.05) is 0 Å². The monoisotopic (exact) mass is 345 g/mol. The van der Waals surface area contributed by atoms with Crippen LogP contribution in [0.5, 0.6) is 0 Å². The molecule has 5 N–H and O–H groups in total. The quantitative estimate of drug-likeness (QED) is 0.313. The van der Waals surface area contributed by atoms with Crippen LogP contribution in [0.25, 0.3) is 0 Å². The number of Topliss-reactive ketones (excluding diaryl/α,β-unsaturated/α-hetero) is 1. The maximum absolute atomic E-state index is 11.9. The van der Waals surface area contributed by atoms with E-state index >= 15 is 0 Å². The van der Waals surface area contributed by atoms with Gasteiger partial charge in [0.05, 0.1) is 12.2 Å². The van der Waals surface area contributed by atoms with Crippen LogP contribution in [-0.4, -0.2) is 45.2 Å². The summed E-state index contributed by atoms with van der Waals surface area (Å²) in [6.07, 6.45) is 1.35. The average molecular weight is 345 g/mol. The minimum absolute atomic E-state index is 0.0293. The fourth-order valence-corrected chi connectivity index (χ4v) is 3.37. The van der Waals surface area contributed by atoms with Crippen molar-refractivity contribution in [1.29, 1.82) is 0 Å². The number of carboxylic acids is 1. The van der Waals surface area contributed by atoms with Gasteiger partial charge in [-0.15, -0.1) is 0 Å². The first-order chi connectivity index (χ1) is 11.3. The molecular formula is C16H27NO7. The Morgan fingerprint density at radius 1 is 0.917 bits per heavy atom. The van der Waals surface area contributed by atoms with Crippen molar-refractivity contribution in [2.75, 3.05) is 0 Å². The second-order valence-corrected chi connectivity index (χ2v) is 6.40. The lowest BCUT2D eigenvalue weighted by Crippen LogP contribution is -2.24. The number of aliphatic hydroxyl groups is 2. The molecular weight excluding hydrogens is 318 g/mol. The van der Waals surface area contributed by atoms with Crippen molar-refractivity contribution in [3.8, 4) is 0 Å². The zero-order valence-corrected chi connectivity index (χ0v) is 13.7. The van der Waals surface area contributed by atoms with Gasteiger partial charge in [-0.25, -0.2) is 0 Å². The zero-order valence-electron chi connectivity index (χ0n) is 13.7. The maximum Gasteiger partial charge on any atom is 0.324 e. The molecule has 1 fully saturated rings. The average Bonchev–Trinajstić information content (AvgIpc) is 2.80. The van der Waals surface area contributed by atoms with Crippen molar-refractivity contribution in [3.05, 3.63) is 0 Å². The SMILES string of the molecule is NOC(=O)CCCCC(=O)CCC1C(O)CC(O)C1CCC(=O)O. The van der Waals surface area contributed by atoms with Gasteiger partial charge < -0.3 is 20.2 Å². The Labute approximate surface area is 140 Å². The largest absolute Gasteiger partial charge is 0.481 e. The van der Waals surface area contributed by atoms with Crippen LogP contribution in [0.3, 0.4) is 0 Å². The Morgan fingerprint density at radius 2 is 1.46 bits per heavy atom. The van der Waals surface area contributed by atoms with Crippen LogP contribution in [0.15, 0.2) is 0 Å². The van der Waals surface area contributed by atoms with Crippen molar-refractivity contribution in [2.24, 2.45) is 17.7 Å². The van der Waals surface area contributed by atoms with E-state index in [4.69, 9.17) is 11.0 Å². The van der Waals surface area contributed by atoms with E-state index in [1.54, 1.807) is 0 Å². The van der Waals surface area contributed by atoms with Crippen LogP contribution in [0, 0.1) is 11.8 Å². The summed E-state index contributed by atoms with van der Waals surface area (Å²) in [4.78, 5) is 37.5. The summed E-state index contributed by atoms with van der Waals surface area (Å²) < 4.78 is 0. The van der Waals surface area contributed by atoms with E-state index in [9.17, 15) is 24.6 Å². The lowest BCUT2D eigenvalue weighted by molar-refractivity contribution is -0.144. The molecule has 0 aromatic heterocycles. The van der Waals surface area contributed by atoms with Gasteiger partial charge in [-0.3, -0.25) is 14.4 Å². The molecule has 24 heavy (non-hydrogen) atoms. The van der Waals surface area contributed by atoms with E-state index in [0.717, 1.165) is 0 Å². The third kappa shape index (κ3) is 6.94. The van der Waals surface area contributed by atoms with Crippen LogP contribution in [-0.2, 0) is 19.2 Å². The van der Waals surface area contributed by atoms with Crippen molar-refractivity contribution in [3.63, 3.8) is 0 Å². The number of nitrogens with two attached hydrogens (primary N) is 1. The van der Waals surface area contributed by atoms with Crippen LogP contribution in [0.1, 0.15) is 57.8 Å². The van der Waals surface area contributed by atoms with Gasteiger partial charge in [-0.2, -0.15) is 5.90 Å².